The van der Waals surface area contributed by atoms with Crippen molar-refractivity contribution in [3.8, 4) is 11.4 Å². The fraction of sp³-hybridized carbons (Fsp3) is 0.250. The van der Waals surface area contributed by atoms with E-state index in [1.807, 2.05) is 0 Å². The van der Waals surface area contributed by atoms with E-state index >= 15 is 0 Å². The molecule has 0 unspecified atom stereocenters. The number of anilines is 1. The average molecular weight is 448 g/mol. The molecule has 8 nitrogen and oxygen atoms in total. The van der Waals surface area contributed by atoms with Gasteiger partial charge in [0, 0.05) is 24.7 Å². The van der Waals surface area contributed by atoms with Crippen molar-refractivity contribution < 1.29 is 26.5 Å². The van der Waals surface area contributed by atoms with Gasteiger partial charge in [0.1, 0.15) is 11.6 Å². The van der Waals surface area contributed by atoms with Gasteiger partial charge in [-0.3, -0.25) is 9.52 Å². The second kappa shape index (κ2) is 8.06. The van der Waals surface area contributed by atoms with E-state index in [-0.39, 0.29) is 28.2 Å². The second-order valence-electron chi connectivity index (χ2n) is 7.13. The fourth-order valence-electron chi connectivity index (χ4n) is 3.28. The Kier molecular flexibility index (Phi) is 5.44. The summed E-state index contributed by atoms with van der Waals surface area (Å²) in [5.41, 5.74) is 0.301. The highest BCUT2D eigenvalue weighted by Crippen LogP contribution is 2.26. The van der Waals surface area contributed by atoms with E-state index in [9.17, 15) is 22.0 Å². The minimum absolute atomic E-state index is 0.0481. The zero-order valence-corrected chi connectivity index (χ0v) is 17.2. The number of aromatic nitrogens is 2. The molecule has 1 amide bonds. The molecule has 2 heterocycles. The van der Waals surface area contributed by atoms with Crippen LogP contribution < -0.4 is 4.72 Å². The first-order chi connectivity index (χ1) is 14.7. The molecule has 0 bridgehead atoms. The number of carbonyl (C=O) groups is 1. The monoisotopic (exact) mass is 448 g/mol. The summed E-state index contributed by atoms with van der Waals surface area (Å²) in [6.45, 7) is 2.81. The second-order valence-corrected chi connectivity index (χ2v) is 8.78. The van der Waals surface area contributed by atoms with Gasteiger partial charge in [0.2, 0.25) is 5.82 Å². The molecule has 1 saturated heterocycles. The van der Waals surface area contributed by atoms with Crippen LogP contribution in [0.5, 0.6) is 0 Å². The Morgan fingerprint density at radius 2 is 1.87 bits per heavy atom. The summed E-state index contributed by atoms with van der Waals surface area (Å²) in [6.07, 6.45) is 1.82. The molecule has 0 atom stereocenters. The minimum Gasteiger partial charge on any atom is -0.334 e. The molecule has 1 N–H and O–H groups in total. The van der Waals surface area contributed by atoms with Crippen molar-refractivity contribution in [2.75, 3.05) is 17.8 Å². The SMILES string of the molecule is Cc1ccc(-c2noc(C(=O)N3CCCC3)n2)cc1S(=O)(=O)Nc1ccc(F)cc1F. The summed E-state index contributed by atoms with van der Waals surface area (Å²) in [7, 11) is -4.21. The number of amides is 1. The third kappa shape index (κ3) is 4.26. The molecule has 1 aliphatic heterocycles. The number of carbonyl (C=O) groups excluding carboxylic acids is 1. The zero-order chi connectivity index (χ0) is 22.2. The number of sulfonamides is 1. The Morgan fingerprint density at radius 1 is 1.13 bits per heavy atom. The maximum absolute atomic E-state index is 13.9. The molecular weight excluding hydrogens is 430 g/mol. The molecule has 0 spiro atoms. The number of nitrogens with zero attached hydrogens (tertiary/aromatic N) is 3. The van der Waals surface area contributed by atoms with E-state index in [2.05, 4.69) is 14.9 Å². The predicted octanol–water partition coefficient (Wildman–Crippen LogP) is 3.36. The number of hydrogen-bond acceptors (Lipinski definition) is 6. The number of benzene rings is 2. The van der Waals surface area contributed by atoms with Crippen molar-refractivity contribution in [2.24, 2.45) is 0 Å². The average Bonchev–Trinajstić information content (AvgIpc) is 3.42. The molecule has 3 aromatic rings. The lowest BCUT2D eigenvalue weighted by Gasteiger charge is -2.12. The van der Waals surface area contributed by atoms with Crippen molar-refractivity contribution in [1.29, 1.82) is 0 Å². The molecule has 1 fully saturated rings. The number of halogens is 2. The lowest BCUT2D eigenvalue weighted by atomic mass is 10.1. The zero-order valence-electron chi connectivity index (χ0n) is 16.4. The number of likely N-dealkylation sites (tertiary alicyclic amines) is 1. The molecule has 31 heavy (non-hydrogen) atoms. The van der Waals surface area contributed by atoms with Gasteiger partial charge in [-0.25, -0.2) is 17.2 Å². The molecule has 162 valence electrons. The molecule has 2 aromatic carbocycles. The van der Waals surface area contributed by atoms with Gasteiger partial charge in [0.05, 0.1) is 10.6 Å². The van der Waals surface area contributed by atoms with Crippen LogP contribution in [0.1, 0.15) is 29.1 Å². The van der Waals surface area contributed by atoms with Crippen molar-refractivity contribution >= 4 is 21.6 Å². The third-order valence-corrected chi connectivity index (χ3v) is 6.42. The summed E-state index contributed by atoms with van der Waals surface area (Å²) >= 11 is 0. The van der Waals surface area contributed by atoms with Crippen LogP contribution in [0.2, 0.25) is 0 Å². The van der Waals surface area contributed by atoms with E-state index in [4.69, 9.17) is 4.52 Å². The van der Waals surface area contributed by atoms with Crippen LogP contribution in [-0.2, 0) is 10.0 Å². The summed E-state index contributed by atoms with van der Waals surface area (Å²) in [5, 5.41) is 3.79. The van der Waals surface area contributed by atoms with Crippen LogP contribution in [0.15, 0.2) is 45.8 Å². The lowest BCUT2D eigenvalue weighted by molar-refractivity contribution is 0.0743. The van der Waals surface area contributed by atoms with Gasteiger partial charge in [-0.2, -0.15) is 4.98 Å². The van der Waals surface area contributed by atoms with Crippen molar-refractivity contribution in [3.05, 3.63) is 59.5 Å². The number of nitrogens with one attached hydrogen (secondary N) is 1. The minimum atomic E-state index is -4.21. The van der Waals surface area contributed by atoms with Crippen LogP contribution in [0.25, 0.3) is 11.4 Å². The highest BCUT2D eigenvalue weighted by Gasteiger charge is 2.26. The first-order valence-corrected chi connectivity index (χ1v) is 10.9. The van der Waals surface area contributed by atoms with Gasteiger partial charge < -0.3 is 9.42 Å². The summed E-state index contributed by atoms with van der Waals surface area (Å²) in [5.74, 6) is -2.36. The van der Waals surface area contributed by atoms with E-state index in [1.165, 1.54) is 12.1 Å². The van der Waals surface area contributed by atoms with Crippen LogP contribution in [0.3, 0.4) is 0 Å². The topological polar surface area (TPSA) is 105 Å². The normalized spacial score (nSPS) is 14.1. The quantitative estimate of drug-likeness (QED) is 0.642. The van der Waals surface area contributed by atoms with Gasteiger partial charge in [0.25, 0.3) is 10.0 Å². The van der Waals surface area contributed by atoms with Crippen LogP contribution in [-0.4, -0.2) is 42.5 Å². The molecule has 11 heteroatoms. The Balaban J connectivity index is 1.63. The number of hydrogen-bond donors (Lipinski definition) is 1. The summed E-state index contributed by atoms with van der Waals surface area (Å²) in [4.78, 5) is 18.0. The smallest absolute Gasteiger partial charge is 0.316 e. The van der Waals surface area contributed by atoms with Gasteiger partial charge in [-0.05, 0) is 43.5 Å². The first kappa shape index (κ1) is 20.9. The lowest BCUT2D eigenvalue weighted by Crippen LogP contribution is -2.27. The highest BCUT2D eigenvalue weighted by molar-refractivity contribution is 7.92. The Morgan fingerprint density at radius 3 is 2.58 bits per heavy atom. The van der Waals surface area contributed by atoms with Gasteiger partial charge in [-0.15, -0.1) is 0 Å². The van der Waals surface area contributed by atoms with Crippen molar-refractivity contribution in [3.63, 3.8) is 0 Å². The molecular formula is C20H18F2N4O4S. The van der Waals surface area contributed by atoms with Gasteiger partial charge in [0.15, 0.2) is 0 Å². The Hall–Kier alpha value is -3.34. The van der Waals surface area contributed by atoms with E-state index < -0.39 is 21.7 Å². The van der Waals surface area contributed by atoms with Crippen LogP contribution >= 0.6 is 0 Å². The fourth-order valence-corrected chi connectivity index (χ4v) is 4.62. The number of aryl methyl sites for hydroxylation is 1. The van der Waals surface area contributed by atoms with Gasteiger partial charge >= 0.3 is 11.8 Å². The molecule has 0 saturated carbocycles. The van der Waals surface area contributed by atoms with Crippen LogP contribution in [0.4, 0.5) is 14.5 Å². The Labute approximate surface area is 176 Å². The first-order valence-electron chi connectivity index (χ1n) is 9.46. The maximum atomic E-state index is 13.9. The van der Waals surface area contributed by atoms with Crippen LogP contribution in [0, 0.1) is 18.6 Å². The van der Waals surface area contributed by atoms with Gasteiger partial charge in [-0.1, -0.05) is 17.3 Å². The van der Waals surface area contributed by atoms with Crippen molar-refractivity contribution in [2.45, 2.75) is 24.7 Å². The predicted molar refractivity (Wildman–Crippen MR) is 107 cm³/mol. The standard InChI is InChI=1S/C20H18F2N4O4S/c1-12-4-5-13(18-23-19(30-24-18)20(27)26-8-2-3-9-26)10-17(12)31(28,29)25-16-7-6-14(21)11-15(16)22/h4-7,10-11,25H,2-3,8-9H2,1H3. The Bertz CT molecular complexity index is 1250. The molecule has 1 aromatic heterocycles. The molecule has 4 rings (SSSR count). The third-order valence-electron chi connectivity index (χ3n) is 4.91. The summed E-state index contributed by atoms with van der Waals surface area (Å²) < 4.78 is 59.9. The molecule has 0 aliphatic carbocycles. The largest absolute Gasteiger partial charge is 0.334 e. The van der Waals surface area contributed by atoms with Crippen molar-refractivity contribution in [1.82, 2.24) is 15.0 Å². The van der Waals surface area contributed by atoms with E-state index in [0.717, 1.165) is 25.0 Å². The van der Waals surface area contributed by atoms with E-state index in [1.54, 1.807) is 17.9 Å². The highest BCUT2D eigenvalue weighted by atomic mass is 32.2. The molecule has 0 radical (unpaired) electrons. The molecule has 1 aliphatic rings. The van der Waals surface area contributed by atoms with E-state index in [0.29, 0.717) is 30.3 Å². The summed E-state index contributed by atoms with van der Waals surface area (Å²) in [6, 6.07) is 6.94. The maximum Gasteiger partial charge on any atom is 0.316 e. The number of rotatable bonds is 5.